The van der Waals surface area contributed by atoms with Crippen LogP contribution in [0.4, 0.5) is 4.39 Å². The zero-order valence-electron chi connectivity index (χ0n) is 17.0. The van der Waals surface area contributed by atoms with Gasteiger partial charge in [-0.05, 0) is 43.3 Å². The number of fused-ring (bicyclic) bond motifs is 1. The molecule has 0 bridgehead atoms. The van der Waals surface area contributed by atoms with Crippen LogP contribution < -0.4 is 4.72 Å². The van der Waals surface area contributed by atoms with Gasteiger partial charge >= 0.3 is 0 Å². The fraction of sp³-hybridized carbons (Fsp3) is 0.190. The number of halogens is 2. The van der Waals surface area contributed by atoms with Crippen molar-refractivity contribution >= 4 is 39.0 Å². The summed E-state index contributed by atoms with van der Waals surface area (Å²) in [5.74, 6) is 0.465. The Balaban J connectivity index is 1.44. The van der Waals surface area contributed by atoms with E-state index in [1.807, 2.05) is 6.92 Å². The second-order valence-electron chi connectivity index (χ2n) is 7.01. The van der Waals surface area contributed by atoms with Crippen LogP contribution in [0.2, 0.25) is 5.02 Å². The molecular weight excluding hydrogens is 473 g/mol. The predicted molar refractivity (Wildman–Crippen MR) is 122 cm³/mol. The molecule has 4 rings (SSSR count). The van der Waals surface area contributed by atoms with Crippen LogP contribution in [0.1, 0.15) is 17.0 Å². The van der Waals surface area contributed by atoms with Crippen molar-refractivity contribution in [2.75, 3.05) is 6.54 Å². The first-order chi connectivity index (χ1) is 15.3. The molecule has 0 aliphatic heterocycles. The molecule has 0 saturated carbocycles. The lowest BCUT2D eigenvalue weighted by molar-refractivity contribution is 0.580. The molecule has 0 unspecified atom stereocenters. The van der Waals surface area contributed by atoms with Gasteiger partial charge in [-0.25, -0.2) is 17.5 Å². The Hall–Kier alpha value is -2.53. The van der Waals surface area contributed by atoms with E-state index in [9.17, 15) is 12.8 Å². The Bertz CT molecular complexity index is 1340. The van der Waals surface area contributed by atoms with Crippen LogP contribution in [-0.2, 0) is 22.2 Å². The third-order valence-corrected chi connectivity index (χ3v) is 7.48. The summed E-state index contributed by atoms with van der Waals surface area (Å²) >= 11 is 7.42. The van der Waals surface area contributed by atoms with Crippen LogP contribution >= 0.6 is 23.4 Å². The summed E-state index contributed by atoms with van der Waals surface area (Å²) in [6.07, 6.45) is 0.298. The van der Waals surface area contributed by atoms with E-state index in [1.165, 1.54) is 17.8 Å². The van der Waals surface area contributed by atoms with Gasteiger partial charge in [-0.2, -0.15) is 9.61 Å². The molecule has 0 aliphatic carbocycles. The summed E-state index contributed by atoms with van der Waals surface area (Å²) in [4.78, 5) is 0.206. The van der Waals surface area contributed by atoms with Crippen molar-refractivity contribution in [2.24, 2.45) is 0 Å². The average molecular weight is 492 g/mol. The first kappa shape index (κ1) is 22.7. The molecule has 0 aliphatic rings. The average Bonchev–Trinajstić information content (AvgIpc) is 3.16. The normalized spacial score (nSPS) is 11.8. The number of nitrogens with one attached hydrogen (secondary N) is 1. The van der Waals surface area contributed by atoms with Crippen molar-refractivity contribution in [3.05, 3.63) is 82.4 Å². The lowest BCUT2D eigenvalue weighted by Gasteiger charge is -2.07. The Morgan fingerprint density at radius 2 is 1.88 bits per heavy atom. The number of benzene rings is 2. The molecule has 32 heavy (non-hydrogen) atoms. The molecule has 0 spiro atoms. The topological polar surface area (TPSA) is 89.2 Å². The first-order valence-corrected chi connectivity index (χ1v) is 12.5. The van der Waals surface area contributed by atoms with Crippen LogP contribution in [0.15, 0.2) is 64.5 Å². The molecule has 0 radical (unpaired) electrons. The van der Waals surface area contributed by atoms with Gasteiger partial charge in [-0.1, -0.05) is 47.1 Å². The SMILES string of the molecule is Cc1ccc(S(=O)(=O)NCCc2nnc3ccc(SCc4c(F)cccc4Cl)nn23)cc1. The number of aryl methyl sites for hydroxylation is 1. The maximum absolute atomic E-state index is 14.0. The number of sulfonamides is 1. The molecule has 0 amide bonds. The summed E-state index contributed by atoms with van der Waals surface area (Å²) in [6, 6.07) is 14.7. The third kappa shape index (κ3) is 5.09. The summed E-state index contributed by atoms with van der Waals surface area (Å²) in [5.41, 5.74) is 1.93. The Morgan fingerprint density at radius 1 is 1.09 bits per heavy atom. The third-order valence-electron chi connectivity index (χ3n) is 4.70. The molecule has 4 aromatic rings. The lowest BCUT2D eigenvalue weighted by atomic mass is 10.2. The Kier molecular flexibility index (Phi) is 6.75. The van der Waals surface area contributed by atoms with Crippen molar-refractivity contribution in [3.63, 3.8) is 0 Å². The fourth-order valence-corrected chi connectivity index (χ4v) is 5.19. The molecule has 0 atom stereocenters. The molecule has 7 nitrogen and oxygen atoms in total. The standard InChI is InChI=1S/C21H19ClFN5O2S2/c1-14-5-7-15(8-6-14)32(29,30)24-12-11-20-26-25-19-9-10-21(27-28(19)20)31-13-16-17(22)3-2-4-18(16)23/h2-10,24H,11-13H2,1H3. The predicted octanol–water partition coefficient (Wildman–Crippen LogP) is 4.04. The van der Waals surface area contributed by atoms with E-state index in [2.05, 4.69) is 20.0 Å². The van der Waals surface area contributed by atoms with Crippen LogP contribution in [-0.4, -0.2) is 34.8 Å². The van der Waals surface area contributed by atoms with Crippen molar-refractivity contribution in [1.82, 2.24) is 24.5 Å². The van der Waals surface area contributed by atoms with Gasteiger partial charge in [0.2, 0.25) is 10.0 Å². The maximum Gasteiger partial charge on any atom is 0.240 e. The fourth-order valence-electron chi connectivity index (χ4n) is 2.96. The first-order valence-electron chi connectivity index (χ1n) is 9.67. The molecule has 166 valence electrons. The van der Waals surface area contributed by atoms with E-state index in [4.69, 9.17) is 11.6 Å². The van der Waals surface area contributed by atoms with Gasteiger partial charge in [0, 0.05) is 29.3 Å². The van der Waals surface area contributed by atoms with Crippen LogP contribution in [0.3, 0.4) is 0 Å². The van der Waals surface area contributed by atoms with Gasteiger partial charge in [0.05, 0.1) is 4.90 Å². The van der Waals surface area contributed by atoms with Gasteiger partial charge in [0.1, 0.15) is 10.8 Å². The highest BCUT2D eigenvalue weighted by atomic mass is 35.5. The molecule has 1 N–H and O–H groups in total. The zero-order valence-corrected chi connectivity index (χ0v) is 19.4. The highest BCUT2D eigenvalue weighted by molar-refractivity contribution is 7.98. The molecule has 2 aromatic carbocycles. The summed E-state index contributed by atoms with van der Waals surface area (Å²) in [5, 5.41) is 13.7. The van der Waals surface area contributed by atoms with Gasteiger partial charge in [0.15, 0.2) is 11.5 Å². The summed E-state index contributed by atoms with van der Waals surface area (Å²) in [6.45, 7) is 2.03. The second kappa shape index (κ2) is 9.53. The van der Waals surface area contributed by atoms with Crippen molar-refractivity contribution in [2.45, 2.75) is 29.0 Å². The maximum atomic E-state index is 14.0. The van der Waals surface area contributed by atoms with Crippen LogP contribution in [0.5, 0.6) is 0 Å². The molecule has 2 aromatic heterocycles. The second-order valence-corrected chi connectivity index (χ2v) is 10.2. The van der Waals surface area contributed by atoms with E-state index >= 15 is 0 Å². The van der Waals surface area contributed by atoms with Crippen molar-refractivity contribution in [3.8, 4) is 0 Å². The Labute approximate surface area is 194 Å². The zero-order chi connectivity index (χ0) is 22.7. The molecular formula is C21H19ClFN5O2S2. The minimum atomic E-state index is -3.62. The highest BCUT2D eigenvalue weighted by Gasteiger charge is 2.15. The van der Waals surface area contributed by atoms with E-state index in [0.717, 1.165) is 5.56 Å². The lowest BCUT2D eigenvalue weighted by Crippen LogP contribution is -2.26. The number of rotatable bonds is 8. The quantitative estimate of drug-likeness (QED) is 0.374. The highest BCUT2D eigenvalue weighted by Crippen LogP contribution is 2.27. The largest absolute Gasteiger partial charge is 0.240 e. The van der Waals surface area contributed by atoms with Crippen LogP contribution in [0.25, 0.3) is 5.65 Å². The number of aromatic nitrogens is 4. The van der Waals surface area contributed by atoms with Crippen molar-refractivity contribution < 1.29 is 12.8 Å². The number of thioether (sulfide) groups is 1. The summed E-state index contributed by atoms with van der Waals surface area (Å²) < 4.78 is 43.0. The Morgan fingerprint density at radius 3 is 2.62 bits per heavy atom. The van der Waals surface area contributed by atoms with Gasteiger partial charge in [-0.15, -0.1) is 10.2 Å². The molecule has 0 saturated heterocycles. The molecule has 0 fully saturated rings. The summed E-state index contributed by atoms with van der Waals surface area (Å²) in [7, 11) is -3.62. The van der Waals surface area contributed by atoms with Gasteiger partial charge < -0.3 is 0 Å². The van der Waals surface area contributed by atoms with E-state index in [-0.39, 0.29) is 17.3 Å². The van der Waals surface area contributed by atoms with E-state index in [0.29, 0.717) is 39.3 Å². The molecule has 11 heteroatoms. The van der Waals surface area contributed by atoms with Crippen LogP contribution in [0, 0.1) is 12.7 Å². The van der Waals surface area contributed by atoms with Crippen molar-refractivity contribution in [1.29, 1.82) is 0 Å². The smallest absolute Gasteiger partial charge is 0.211 e. The minimum Gasteiger partial charge on any atom is -0.211 e. The number of nitrogens with zero attached hydrogens (tertiary/aromatic N) is 4. The molecule has 2 heterocycles. The monoisotopic (exact) mass is 491 g/mol. The van der Waals surface area contributed by atoms with E-state index in [1.54, 1.807) is 53.0 Å². The number of hydrogen-bond acceptors (Lipinski definition) is 6. The van der Waals surface area contributed by atoms with E-state index < -0.39 is 10.0 Å². The number of hydrogen-bond donors (Lipinski definition) is 1. The van der Waals surface area contributed by atoms with Gasteiger partial charge in [-0.3, -0.25) is 0 Å². The van der Waals surface area contributed by atoms with Gasteiger partial charge in [0.25, 0.3) is 0 Å². The minimum absolute atomic E-state index is 0.140.